The second kappa shape index (κ2) is 9.25. The molecular weight excluding hydrogens is 400 g/mol. The fourth-order valence-corrected chi connectivity index (χ4v) is 4.48. The first-order chi connectivity index (χ1) is 15.3. The van der Waals surface area contributed by atoms with Gasteiger partial charge in [-0.3, -0.25) is 14.5 Å². The van der Waals surface area contributed by atoms with Gasteiger partial charge >= 0.3 is 0 Å². The average molecular weight is 433 g/mol. The van der Waals surface area contributed by atoms with Crippen LogP contribution in [0, 0.1) is 20.8 Å². The van der Waals surface area contributed by atoms with E-state index in [1.807, 2.05) is 4.90 Å². The van der Waals surface area contributed by atoms with Crippen LogP contribution in [0.4, 0.5) is 0 Å². The maximum atomic E-state index is 13.4. The van der Waals surface area contributed by atoms with Crippen molar-refractivity contribution in [2.24, 2.45) is 5.10 Å². The molecule has 6 nitrogen and oxygen atoms in total. The molecule has 168 valence electrons. The lowest BCUT2D eigenvalue weighted by Crippen LogP contribution is -2.50. The van der Waals surface area contributed by atoms with Crippen LogP contribution in [-0.4, -0.2) is 65.1 Å². The summed E-state index contributed by atoms with van der Waals surface area (Å²) in [5.41, 5.74) is 6.75. The van der Waals surface area contributed by atoms with Crippen LogP contribution in [0.15, 0.2) is 47.6 Å². The van der Waals surface area contributed by atoms with Gasteiger partial charge in [-0.2, -0.15) is 5.10 Å². The fourth-order valence-electron chi connectivity index (χ4n) is 4.48. The predicted molar refractivity (Wildman–Crippen MR) is 127 cm³/mol. The Balaban J connectivity index is 1.57. The first kappa shape index (κ1) is 22.2. The topological polar surface area (TPSA) is 56.2 Å². The van der Waals surface area contributed by atoms with Gasteiger partial charge in [-0.25, -0.2) is 5.01 Å². The van der Waals surface area contributed by atoms with Crippen molar-refractivity contribution in [2.45, 2.75) is 40.2 Å². The normalized spacial score (nSPS) is 19.2. The number of carbonyl (C=O) groups is 2. The molecule has 0 spiro atoms. The molecule has 0 saturated carbocycles. The lowest BCUT2D eigenvalue weighted by Gasteiger charge is -2.34. The van der Waals surface area contributed by atoms with E-state index in [9.17, 15) is 9.59 Å². The van der Waals surface area contributed by atoms with Crippen LogP contribution in [-0.2, 0) is 9.59 Å². The number of hydrazone groups is 1. The Morgan fingerprint density at radius 2 is 1.59 bits per heavy atom. The largest absolute Gasteiger partial charge is 0.340 e. The van der Waals surface area contributed by atoms with Gasteiger partial charge in [0.15, 0.2) is 0 Å². The molecular formula is C26H32N4O2. The van der Waals surface area contributed by atoms with Crippen LogP contribution >= 0.6 is 0 Å². The van der Waals surface area contributed by atoms with E-state index in [4.69, 9.17) is 5.10 Å². The Morgan fingerprint density at radius 3 is 2.25 bits per heavy atom. The van der Waals surface area contributed by atoms with Gasteiger partial charge in [0.25, 0.3) is 5.91 Å². The number of hydrogen-bond acceptors (Lipinski definition) is 4. The minimum absolute atomic E-state index is 0.00663. The first-order valence-electron chi connectivity index (χ1n) is 11.3. The van der Waals surface area contributed by atoms with E-state index in [0.29, 0.717) is 39.1 Å². The summed E-state index contributed by atoms with van der Waals surface area (Å²) in [5, 5.41) is 6.55. The molecule has 2 aromatic carbocycles. The van der Waals surface area contributed by atoms with Crippen LogP contribution < -0.4 is 0 Å². The number of hydrogen-bond donors (Lipinski definition) is 0. The molecule has 0 bridgehead atoms. The molecule has 1 unspecified atom stereocenters. The van der Waals surface area contributed by atoms with Gasteiger partial charge in [0, 0.05) is 45.1 Å². The predicted octanol–water partition coefficient (Wildman–Crippen LogP) is 3.45. The van der Waals surface area contributed by atoms with Crippen LogP contribution in [0.5, 0.6) is 0 Å². The summed E-state index contributed by atoms with van der Waals surface area (Å²) in [6, 6.07) is 14.7. The van der Waals surface area contributed by atoms with Crippen LogP contribution in [0.2, 0.25) is 0 Å². The van der Waals surface area contributed by atoms with Crippen LogP contribution in [0.3, 0.4) is 0 Å². The summed E-state index contributed by atoms with van der Waals surface area (Å²) >= 11 is 0. The summed E-state index contributed by atoms with van der Waals surface area (Å²) in [4.78, 5) is 29.0. The van der Waals surface area contributed by atoms with E-state index < -0.39 is 0 Å². The van der Waals surface area contributed by atoms with E-state index in [1.165, 1.54) is 16.7 Å². The van der Waals surface area contributed by atoms with Gasteiger partial charge in [0.1, 0.15) is 0 Å². The molecule has 1 fully saturated rings. The molecule has 6 heteroatoms. The van der Waals surface area contributed by atoms with E-state index in [1.54, 1.807) is 11.9 Å². The van der Waals surface area contributed by atoms with Crippen molar-refractivity contribution in [1.82, 2.24) is 14.8 Å². The Labute approximate surface area is 190 Å². The highest BCUT2D eigenvalue weighted by atomic mass is 16.2. The van der Waals surface area contributed by atoms with E-state index >= 15 is 0 Å². The van der Waals surface area contributed by atoms with E-state index in [-0.39, 0.29) is 17.9 Å². The van der Waals surface area contributed by atoms with Crippen molar-refractivity contribution in [3.63, 3.8) is 0 Å². The number of nitrogens with zero attached hydrogens (tertiary/aromatic N) is 4. The third kappa shape index (κ3) is 4.75. The molecule has 4 rings (SSSR count). The van der Waals surface area contributed by atoms with Crippen molar-refractivity contribution in [2.75, 3.05) is 32.7 Å². The van der Waals surface area contributed by atoms with Crippen LogP contribution in [0.25, 0.3) is 0 Å². The maximum absolute atomic E-state index is 13.4. The molecule has 0 radical (unpaired) electrons. The third-order valence-corrected chi connectivity index (χ3v) is 6.51. The van der Waals surface area contributed by atoms with Crippen molar-refractivity contribution in [1.29, 1.82) is 0 Å². The second-order valence-corrected chi connectivity index (χ2v) is 9.02. The minimum atomic E-state index is -0.100. The number of piperazine rings is 1. The number of carbonyl (C=O) groups excluding carboxylic acids is 2. The fraction of sp³-hybridized carbons (Fsp3) is 0.423. The summed E-state index contributed by atoms with van der Waals surface area (Å²) in [6.45, 7) is 10.9. The second-order valence-electron chi connectivity index (χ2n) is 9.02. The molecule has 2 aliphatic rings. The summed E-state index contributed by atoms with van der Waals surface area (Å²) in [5.74, 6) is 0.102. The number of rotatable bonds is 4. The zero-order valence-corrected chi connectivity index (χ0v) is 19.5. The highest BCUT2D eigenvalue weighted by molar-refractivity contribution is 6.04. The Bertz CT molecular complexity index is 1040. The monoisotopic (exact) mass is 432 g/mol. The summed E-state index contributed by atoms with van der Waals surface area (Å²) in [7, 11) is 0. The van der Waals surface area contributed by atoms with Gasteiger partial charge in [-0.15, -0.1) is 0 Å². The molecule has 1 saturated heterocycles. The molecule has 1 atom stereocenters. The summed E-state index contributed by atoms with van der Waals surface area (Å²) in [6.07, 6.45) is 0.706. The van der Waals surface area contributed by atoms with E-state index in [0.717, 1.165) is 16.8 Å². The number of aryl methyl sites for hydroxylation is 3. The van der Waals surface area contributed by atoms with Crippen molar-refractivity contribution in [3.8, 4) is 0 Å². The standard InChI is InChI=1S/C26H32N4O2/c1-18-6-9-22(10-7-18)25-16-24(23-15-19(2)5-8-20(23)3)27-30(25)26(32)17-28-11-13-29(14-12-28)21(4)31/h5-10,15,25H,11-14,16-17H2,1-4H3. The maximum Gasteiger partial charge on any atom is 0.257 e. The highest BCUT2D eigenvalue weighted by Crippen LogP contribution is 2.34. The zero-order valence-electron chi connectivity index (χ0n) is 19.5. The van der Waals surface area contributed by atoms with Gasteiger partial charge in [-0.1, -0.05) is 47.5 Å². The van der Waals surface area contributed by atoms with Crippen molar-refractivity contribution in [3.05, 3.63) is 70.3 Å². The molecule has 0 N–H and O–H groups in total. The zero-order chi connectivity index (χ0) is 22.8. The Morgan fingerprint density at radius 1 is 0.938 bits per heavy atom. The third-order valence-electron chi connectivity index (χ3n) is 6.51. The summed E-state index contributed by atoms with van der Waals surface area (Å²) < 4.78 is 0. The number of benzene rings is 2. The van der Waals surface area contributed by atoms with Gasteiger partial charge in [0.2, 0.25) is 5.91 Å². The number of amides is 2. The molecule has 2 heterocycles. The molecule has 32 heavy (non-hydrogen) atoms. The molecule has 0 aliphatic carbocycles. The molecule has 2 aromatic rings. The lowest BCUT2D eigenvalue weighted by molar-refractivity contribution is -0.135. The molecule has 2 amide bonds. The van der Waals surface area contributed by atoms with Crippen molar-refractivity contribution >= 4 is 17.5 Å². The van der Waals surface area contributed by atoms with Crippen molar-refractivity contribution < 1.29 is 9.59 Å². The first-order valence-corrected chi connectivity index (χ1v) is 11.3. The van der Waals surface area contributed by atoms with Gasteiger partial charge in [-0.05, 0) is 38.0 Å². The van der Waals surface area contributed by atoms with Gasteiger partial charge < -0.3 is 4.90 Å². The lowest BCUT2D eigenvalue weighted by atomic mass is 9.94. The van der Waals surface area contributed by atoms with Gasteiger partial charge in [0.05, 0.1) is 18.3 Å². The van der Waals surface area contributed by atoms with E-state index in [2.05, 4.69) is 68.1 Å². The molecule has 2 aliphatic heterocycles. The molecule has 0 aromatic heterocycles. The average Bonchev–Trinajstić information content (AvgIpc) is 3.22. The smallest absolute Gasteiger partial charge is 0.257 e. The Hall–Kier alpha value is -2.99. The van der Waals surface area contributed by atoms with Crippen LogP contribution in [0.1, 0.15) is 47.2 Å². The minimum Gasteiger partial charge on any atom is -0.340 e. The quantitative estimate of drug-likeness (QED) is 0.744. The highest BCUT2D eigenvalue weighted by Gasteiger charge is 2.34. The SMILES string of the molecule is CC(=O)N1CCN(CC(=O)N2N=C(c3cc(C)ccc3C)CC2c2ccc(C)cc2)CC1. The Kier molecular flexibility index (Phi) is 6.42.